The molecule has 0 aromatic heterocycles. The van der Waals surface area contributed by atoms with Crippen molar-refractivity contribution in [3.63, 3.8) is 0 Å². The third kappa shape index (κ3) is 3.59. The zero-order valence-corrected chi connectivity index (χ0v) is 10.5. The second kappa shape index (κ2) is 5.35. The van der Waals surface area contributed by atoms with Crippen LogP contribution < -0.4 is 5.32 Å². The van der Waals surface area contributed by atoms with E-state index in [1.165, 1.54) is 32.1 Å². The van der Waals surface area contributed by atoms with Gasteiger partial charge in [-0.2, -0.15) is 0 Å². The van der Waals surface area contributed by atoms with Gasteiger partial charge in [0.2, 0.25) is 0 Å². The van der Waals surface area contributed by atoms with Gasteiger partial charge >= 0.3 is 0 Å². The number of hydrogen-bond acceptors (Lipinski definition) is 1. The van der Waals surface area contributed by atoms with Crippen LogP contribution in [0.1, 0.15) is 46.0 Å². The Balaban J connectivity index is 2.36. The number of rotatable bonds is 4. The summed E-state index contributed by atoms with van der Waals surface area (Å²) in [5.41, 5.74) is 1.40. The minimum absolute atomic E-state index is 0.480. The van der Waals surface area contributed by atoms with Gasteiger partial charge in [0.25, 0.3) is 0 Å². The molecular formula is C11H22BrN. The normalized spacial score (nSPS) is 20.5. The molecule has 1 N–H and O–H groups in total. The SMILES string of the molecule is CC(C)(CNCBr)C1CCCCC1. The largest absolute Gasteiger partial charge is 0.307 e. The minimum Gasteiger partial charge on any atom is -0.307 e. The van der Waals surface area contributed by atoms with E-state index in [0.29, 0.717) is 5.41 Å². The van der Waals surface area contributed by atoms with Crippen molar-refractivity contribution in [1.29, 1.82) is 0 Å². The van der Waals surface area contributed by atoms with Crippen LogP contribution in [0.25, 0.3) is 0 Å². The smallest absolute Gasteiger partial charge is 0.0517 e. The van der Waals surface area contributed by atoms with Crippen molar-refractivity contribution in [3.05, 3.63) is 0 Å². The summed E-state index contributed by atoms with van der Waals surface area (Å²) in [7, 11) is 0. The zero-order chi connectivity index (χ0) is 9.73. The van der Waals surface area contributed by atoms with Crippen LogP contribution >= 0.6 is 15.9 Å². The first-order valence-electron chi connectivity index (χ1n) is 5.43. The number of alkyl halides is 1. The fraction of sp³-hybridized carbons (Fsp3) is 1.00. The van der Waals surface area contributed by atoms with E-state index in [-0.39, 0.29) is 0 Å². The maximum Gasteiger partial charge on any atom is 0.0517 e. The van der Waals surface area contributed by atoms with E-state index in [9.17, 15) is 0 Å². The van der Waals surface area contributed by atoms with Crippen LogP contribution in [0, 0.1) is 11.3 Å². The minimum atomic E-state index is 0.480. The van der Waals surface area contributed by atoms with Crippen molar-refractivity contribution in [3.8, 4) is 0 Å². The van der Waals surface area contributed by atoms with E-state index in [2.05, 4.69) is 35.1 Å². The molecule has 0 unspecified atom stereocenters. The molecule has 0 saturated heterocycles. The van der Waals surface area contributed by atoms with Gasteiger partial charge in [0.05, 0.1) is 5.45 Å². The molecule has 0 aromatic carbocycles. The maximum atomic E-state index is 3.41. The van der Waals surface area contributed by atoms with Gasteiger partial charge in [-0.3, -0.25) is 0 Å². The third-order valence-electron chi connectivity index (χ3n) is 3.39. The lowest BCUT2D eigenvalue weighted by Crippen LogP contribution is -2.36. The quantitative estimate of drug-likeness (QED) is 0.592. The molecule has 0 atom stereocenters. The molecule has 2 heteroatoms. The molecular weight excluding hydrogens is 226 g/mol. The molecule has 1 aliphatic carbocycles. The highest BCUT2D eigenvalue weighted by Crippen LogP contribution is 2.37. The molecule has 1 fully saturated rings. The standard InChI is InChI=1S/C11H22BrN/c1-11(2,8-13-9-12)10-6-4-3-5-7-10/h10,13H,3-9H2,1-2H3. The average molecular weight is 248 g/mol. The molecule has 78 valence electrons. The van der Waals surface area contributed by atoms with Crippen LogP contribution in [-0.4, -0.2) is 12.0 Å². The van der Waals surface area contributed by atoms with Gasteiger partial charge in [0.1, 0.15) is 0 Å². The van der Waals surface area contributed by atoms with Crippen molar-refractivity contribution in [2.45, 2.75) is 46.0 Å². The molecule has 0 radical (unpaired) electrons. The average Bonchev–Trinajstić information content (AvgIpc) is 2.16. The lowest BCUT2D eigenvalue weighted by Gasteiger charge is -2.37. The first-order chi connectivity index (χ1) is 6.17. The summed E-state index contributed by atoms with van der Waals surface area (Å²) in [6.45, 7) is 5.94. The summed E-state index contributed by atoms with van der Waals surface area (Å²) >= 11 is 3.41. The Morgan fingerprint density at radius 1 is 1.23 bits per heavy atom. The van der Waals surface area contributed by atoms with Crippen molar-refractivity contribution in [2.75, 3.05) is 12.0 Å². The predicted octanol–water partition coefficient (Wildman–Crippen LogP) is 3.53. The Morgan fingerprint density at radius 2 is 1.85 bits per heavy atom. The highest BCUT2D eigenvalue weighted by molar-refractivity contribution is 9.09. The molecule has 0 aromatic rings. The van der Waals surface area contributed by atoms with Gasteiger partial charge in [0, 0.05) is 6.54 Å². The number of nitrogens with one attached hydrogen (secondary N) is 1. The third-order valence-corrected chi connectivity index (χ3v) is 3.78. The second-order valence-electron chi connectivity index (χ2n) is 4.88. The van der Waals surface area contributed by atoms with Crippen LogP contribution in [0.2, 0.25) is 0 Å². The molecule has 1 nitrogen and oxygen atoms in total. The van der Waals surface area contributed by atoms with Crippen LogP contribution in [0.3, 0.4) is 0 Å². The van der Waals surface area contributed by atoms with Crippen molar-refractivity contribution in [1.82, 2.24) is 5.32 Å². The van der Waals surface area contributed by atoms with Crippen molar-refractivity contribution in [2.24, 2.45) is 11.3 Å². The Bertz CT molecular complexity index is 139. The fourth-order valence-corrected chi connectivity index (χ4v) is 2.60. The zero-order valence-electron chi connectivity index (χ0n) is 8.91. The fourth-order valence-electron chi connectivity index (χ4n) is 2.40. The van der Waals surface area contributed by atoms with Gasteiger partial charge in [0.15, 0.2) is 0 Å². The van der Waals surface area contributed by atoms with E-state index < -0.39 is 0 Å². The number of hydrogen-bond donors (Lipinski definition) is 1. The molecule has 0 heterocycles. The molecule has 0 spiro atoms. The van der Waals surface area contributed by atoms with E-state index in [4.69, 9.17) is 0 Å². The molecule has 1 aliphatic rings. The highest BCUT2D eigenvalue weighted by atomic mass is 79.9. The lowest BCUT2D eigenvalue weighted by atomic mass is 9.71. The van der Waals surface area contributed by atoms with Gasteiger partial charge in [-0.1, -0.05) is 49.0 Å². The molecule has 0 bridgehead atoms. The summed E-state index contributed by atoms with van der Waals surface area (Å²) in [4.78, 5) is 0. The first-order valence-corrected chi connectivity index (χ1v) is 6.55. The van der Waals surface area contributed by atoms with E-state index >= 15 is 0 Å². The van der Waals surface area contributed by atoms with Crippen LogP contribution in [0.15, 0.2) is 0 Å². The summed E-state index contributed by atoms with van der Waals surface area (Å²) < 4.78 is 0. The Kier molecular flexibility index (Phi) is 4.74. The molecule has 13 heavy (non-hydrogen) atoms. The predicted molar refractivity (Wildman–Crippen MR) is 62.2 cm³/mol. The van der Waals surface area contributed by atoms with Crippen LogP contribution in [0.5, 0.6) is 0 Å². The van der Waals surface area contributed by atoms with Crippen LogP contribution in [0.4, 0.5) is 0 Å². The van der Waals surface area contributed by atoms with Gasteiger partial charge in [-0.15, -0.1) is 0 Å². The van der Waals surface area contributed by atoms with Gasteiger partial charge < -0.3 is 5.32 Å². The lowest BCUT2D eigenvalue weighted by molar-refractivity contribution is 0.157. The van der Waals surface area contributed by atoms with E-state index in [1.54, 1.807) is 0 Å². The summed E-state index contributed by atoms with van der Waals surface area (Å²) in [6, 6.07) is 0. The summed E-state index contributed by atoms with van der Waals surface area (Å²) in [5.74, 6) is 0.938. The molecule has 0 aliphatic heterocycles. The van der Waals surface area contributed by atoms with Crippen LogP contribution in [-0.2, 0) is 0 Å². The summed E-state index contributed by atoms with van der Waals surface area (Å²) in [5, 5.41) is 3.40. The Hall–Kier alpha value is 0.440. The van der Waals surface area contributed by atoms with Crippen molar-refractivity contribution >= 4 is 15.9 Å². The maximum absolute atomic E-state index is 3.41. The summed E-state index contributed by atoms with van der Waals surface area (Å²) in [6.07, 6.45) is 7.23. The van der Waals surface area contributed by atoms with E-state index in [0.717, 1.165) is 17.9 Å². The molecule has 0 amide bonds. The monoisotopic (exact) mass is 247 g/mol. The Morgan fingerprint density at radius 3 is 2.38 bits per heavy atom. The molecule has 1 rings (SSSR count). The number of halogens is 1. The van der Waals surface area contributed by atoms with Gasteiger partial charge in [-0.05, 0) is 24.2 Å². The van der Waals surface area contributed by atoms with Gasteiger partial charge in [-0.25, -0.2) is 0 Å². The molecule has 1 saturated carbocycles. The van der Waals surface area contributed by atoms with Crippen molar-refractivity contribution < 1.29 is 0 Å². The Labute approximate surface area is 90.8 Å². The topological polar surface area (TPSA) is 12.0 Å². The highest BCUT2D eigenvalue weighted by Gasteiger charge is 2.29. The second-order valence-corrected chi connectivity index (χ2v) is 5.44. The van der Waals surface area contributed by atoms with E-state index in [1.807, 2.05) is 0 Å². The first kappa shape index (κ1) is 11.5.